The molecular weight excluding hydrogens is 236 g/mol. The Labute approximate surface area is 105 Å². The second kappa shape index (κ2) is 5.90. The van der Waals surface area contributed by atoms with Crippen LogP contribution in [0.1, 0.15) is 57.0 Å². The van der Waals surface area contributed by atoms with Crippen molar-refractivity contribution in [3.63, 3.8) is 0 Å². The molecule has 0 saturated carbocycles. The van der Waals surface area contributed by atoms with Gasteiger partial charge in [0.25, 0.3) is 0 Å². The predicted molar refractivity (Wildman–Crippen MR) is 61.9 cm³/mol. The average molecular weight is 254 g/mol. The van der Waals surface area contributed by atoms with Crippen LogP contribution in [-0.2, 0) is 9.53 Å². The molecule has 18 heavy (non-hydrogen) atoms. The summed E-state index contributed by atoms with van der Waals surface area (Å²) in [6.07, 6.45) is 3.48. The van der Waals surface area contributed by atoms with Crippen LogP contribution in [0.15, 0.2) is 0 Å². The Hall–Kier alpha value is -1.50. The van der Waals surface area contributed by atoms with E-state index in [1.54, 1.807) is 4.68 Å². The van der Waals surface area contributed by atoms with Gasteiger partial charge in [0.15, 0.2) is 5.82 Å². The quantitative estimate of drug-likeness (QED) is 0.823. The summed E-state index contributed by atoms with van der Waals surface area (Å²) in [5.41, 5.74) is 0. The molecule has 1 aromatic rings. The summed E-state index contributed by atoms with van der Waals surface area (Å²) in [7, 11) is 0. The van der Waals surface area contributed by atoms with E-state index < -0.39 is 5.97 Å². The Morgan fingerprint density at radius 1 is 1.67 bits per heavy atom. The van der Waals surface area contributed by atoms with Gasteiger partial charge in [-0.25, -0.2) is 4.68 Å². The topological polar surface area (TPSA) is 90.1 Å². The molecule has 0 amide bonds. The summed E-state index contributed by atoms with van der Waals surface area (Å²) in [5, 5.41) is 20.6. The first kappa shape index (κ1) is 12.9. The van der Waals surface area contributed by atoms with Crippen LogP contribution in [0, 0.1) is 0 Å². The molecule has 1 fully saturated rings. The maximum atomic E-state index is 10.9. The monoisotopic (exact) mass is 254 g/mol. The molecule has 1 aliphatic heterocycles. The zero-order chi connectivity index (χ0) is 13.0. The van der Waals surface area contributed by atoms with Gasteiger partial charge in [-0.15, -0.1) is 5.10 Å². The lowest BCUT2D eigenvalue weighted by atomic mass is 10.1. The number of tetrazole rings is 1. The van der Waals surface area contributed by atoms with E-state index in [0.29, 0.717) is 5.82 Å². The highest BCUT2D eigenvalue weighted by Crippen LogP contribution is 2.29. The van der Waals surface area contributed by atoms with E-state index in [9.17, 15) is 4.79 Å². The Kier molecular flexibility index (Phi) is 4.24. The molecule has 100 valence electrons. The number of hydrogen-bond donors (Lipinski definition) is 1. The van der Waals surface area contributed by atoms with Crippen LogP contribution >= 0.6 is 0 Å². The molecule has 1 aromatic heterocycles. The number of aromatic nitrogens is 4. The molecule has 7 heteroatoms. The van der Waals surface area contributed by atoms with Crippen LogP contribution in [0.25, 0.3) is 0 Å². The normalized spacial score (nSPS) is 21.1. The van der Waals surface area contributed by atoms with E-state index in [-0.39, 0.29) is 18.6 Å². The van der Waals surface area contributed by atoms with Crippen molar-refractivity contribution in [3.8, 4) is 0 Å². The summed E-state index contributed by atoms with van der Waals surface area (Å²) in [6, 6.07) is -0.193. The van der Waals surface area contributed by atoms with Crippen LogP contribution < -0.4 is 0 Å². The third-order valence-corrected chi connectivity index (χ3v) is 3.11. The van der Waals surface area contributed by atoms with Gasteiger partial charge in [0.05, 0.1) is 12.5 Å². The van der Waals surface area contributed by atoms with Crippen molar-refractivity contribution < 1.29 is 14.6 Å². The summed E-state index contributed by atoms with van der Waals surface area (Å²) in [4.78, 5) is 10.9. The standard InChI is InChI=1S/C11H18N4O3/c1-2-4-8(7-10(16)17)15-11(12-13-14-15)9-5-3-6-18-9/h8-9H,2-7H2,1H3,(H,16,17). The SMILES string of the molecule is CCCC(CC(=O)O)n1nnnc1C1CCCO1. The summed E-state index contributed by atoms with van der Waals surface area (Å²) in [5.74, 6) is -0.172. The maximum absolute atomic E-state index is 10.9. The molecule has 2 unspecified atom stereocenters. The van der Waals surface area contributed by atoms with Crippen LogP contribution in [0.4, 0.5) is 0 Å². The van der Waals surface area contributed by atoms with Gasteiger partial charge in [-0.2, -0.15) is 0 Å². The first-order valence-corrected chi connectivity index (χ1v) is 6.33. The lowest BCUT2D eigenvalue weighted by molar-refractivity contribution is -0.138. The number of rotatable bonds is 6. The minimum Gasteiger partial charge on any atom is -0.481 e. The third kappa shape index (κ3) is 2.84. The number of carboxylic acid groups (broad SMARTS) is 1. The zero-order valence-electron chi connectivity index (χ0n) is 10.4. The molecule has 2 heterocycles. The Balaban J connectivity index is 2.18. The maximum Gasteiger partial charge on any atom is 0.305 e. The van der Waals surface area contributed by atoms with Gasteiger partial charge in [-0.05, 0) is 29.7 Å². The molecule has 2 rings (SSSR count). The number of carboxylic acids is 1. The molecule has 1 N–H and O–H groups in total. The number of ether oxygens (including phenoxy) is 1. The number of nitrogens with zero attached hydrogens (tertiary/aromatic N) is 4. The molecular formula is C11H18N4O3. The van der Waals surface area contributed by atoms with Crippen molar-refractivity contribution in [2.45, 2.75) is 51.2 Å². The Bertz CT molecular complexity index is 401. The van der Waals surface area contributed by atoms with Crippen molar-refractivity contribution in [3.05, 3.63) is 5.82 Å². The van der Waals surface area contributed by atoms with Gasteiger partial charge >= 0.3 is 5.97 Å². The van der Waals surface area contributed by atoms with Crippen LogP contribution in [0.3, 0.4) is 0 Å². The third-order valence-electron chi connectivity index (χ3n) is 3.11. The van der Waals surface area contributed by atoms with Crippen molar-refractivity contribution in [1.29, 1.82) is 0 Å². The number of hydrogen-bond acceptors (Lipinski definition) is 5. The van der Waals surface area contributed by atoms with E-state index in [4.69, 9.17) is 9.84 Å². The lowest BCUT2D eigenvalue weighted by Gasteiger charge is -2.17. The molecule has 1 aliphatic rings. The minimum absolute atomic E-state index is 0.0403. The molecule has 0 aliphatic carbocycles. The van der Waals surface area contributed by atoms with E-state index in [1.807, 2.05) is 6.92 Å². The van der Waals surface area contributed by atoms with Crippen molar-refractivity contribution >= 4 is 5.97 Å². The fraction of sp³-hybridized carbons (Fsp3) is 0.818. The molecule has 7 nitrogen and oxygen atoms in total. The number of carbonyl (C=O) groups is 1. The average Bonchev–Trinajstić information content (AvgIpc) is 2.98. The first-order valence-electron chi connectivity index (χ1n) is 6.33. The molecule has 1 saturated heterocycles. The van der Waals surface area contributed by atoms with Crippen LogP contribution in [0.2, 0.25) is 0 Å². The number of aliphatic carboxylic acids is 1. The summed E-state index contributed by atoms with van der Waals surface area (Å²) >= 11 is 0. The van der Waals surface area contributed by atoms with E-state index in [1.165, 1.54) is 0 Å². The first-order chi connectivity index (χ1) is 8.72. The Morgan fingerprint density at radius 3 is 3.11 bits per heavy atom. The minimum atomic E-state index is -0.831. The van der Waals surface area contributed by atoms with Gasteiger partial charge in [0, 0.05) is 6.61 Å². The smallest absolute Gasteiger partial charge is 0.305 e. The molecule has 0 radical (unpaired) electrons. The molecule has 0 bridgehead atoms. The van der Waals surface area contributed by atoms with Crippen LogP contribution in [-0.4, -0.2) is 37.9 Å². The van der Waals surface area contributed by atoms with Gasteiger partial charge in [-0.3, -0.25) is 4.79 Å². The van der Waals surface area contributed by atoms with Crippen molar-refractivity contribution in [2.24, 2.45) is 0 Å². The van der Waals surface area contributed by atoms with Gasteiger partial charge in [0.2, 0.25) is 0 Å². The van der Waals surface area contributed by atoms with Gasteiger partial charge in [0.1, 0.15) is 6.10 Å². The Morgan fingerprint density at radius 2 is 2.50 bits per heavy atom. The fourth-order valence-corrected chi connectivity index (χ4v) is 2.30. The van der Waals surface area contributed by atoms with Gasteiger partial charge in [-0.1, -0.05) is 13.3 Å². The summed E-state index contributed by atoms with van der Waals surface area (Å²) < 4.78 is 7.19. The lowest BCUT2D eigenvalue weighted by Crippen LogP contribution is -2.19. The molecule has 2 atom stereocenters. The van der Waals surface area contributed by atoms with E-state index in [2.05, 4.69) is 15.5 Å². The highest BCUT2D eigenvalue weighted by Gasteiger charge is 2.27. The second-order valence-electron chi connectivity index (χ2n) is 4.52. The zero-order valence-corrected chi connectivity index (χ0v) is 10.4. The fourth-order valence-electron chi connectivity index (χ4n) is 2.30. The predicted octanol–water partition coefficient (Wildman–Crippen LogP) is 1.34. The van der Waals surface area contributed by atoms with Crippen molar-refractivity contribution in [1.82, 2.24) is 20.2 Å². The van der Waals surface area contributed by atoms with E-state index >= 15 is 0 Å². The van der Waals surface area contributed by atoms with E-state index in [0.717, 1.165) is 32.3 Å². The van der Waals surface area contributed by atoms with Crippen molar-refractivity contribution in [2.75, 3.05) is 6.61 Å². The van der Waals surface area contributed by atoms with Gasteiger partial charge < -0.3 is 9.84 Å². The van der Waals surface area contributed by atoms with Crippen LogP contribution in [0.5, 0.6) is 0 Å². The highest BCUT2D eigenvalue weighted by atomic mass is 16.5. The summed E-state index contributed by atoms with van der Waals surface area (Å²) in [6.45, 7) is 2.74. The highest BCUT2D eigenvalue weighted by molar-refractivity contribution is 5.67. The molecule has 0 aromatic carbocycles. The molecule has 0 spiro atoms. The largest absolute Gasteiger partial charge is 0.481 e. The second-order valence-corrected chi connectivity index (χ2v) is 4.52.